The lowest BCUT2D eigenvalue weighted by atomic mass is 10.2. The van der Waals surface area contributed by atoms with Gasteiger partial charge in [-0.15, -0.1) is 0 Å². The minimum atomic E-state index is -0.289. The minimum absolute atomic E-state index is 0.136. The van der Waals surface area contributed by atoms with Gasteiger partial charge in [0.25, 0.3) is 5.56 Å². The number of pyridine rings is 1. The van der Waals surface area contributed by atoms with Crippen LogP contribution in [0.5, 0.6) is 0 Å². The molecule has 0 spiro atoms. The molecule has 7 heteroatoms. The lowest BCUT2D eigenvalue weighted by Gasteiger charge is -2.07. The number of nitrogens with one attached hydrogen (secondary N) is 1. The Morgan fingerprint density at radius 3 is 2.73 bits per heavy atom. The molecular weight excluding hydrogens is 330 g/mol. The molecule has 3 heterocycles. The molecule has 0 aliphatic rings. The van der Waals surface area contributed by atoms with Crippen molar-refractivity contribution < 1.29 is 4.79 Å². The Kier molecular flexibility index (Phi) is 3.96. The highest BCUT2D eigenvalue weighted by Crippen LogP contribution is 2.24. The molecular formula is C19H17N5O2. The molecule has 0 aliphatic carbocycles. The van der Waals surface area contributed by atoms with Crippen molar-refractivity contribution in [2.45, 2.75) is 13.1 Å². The summed E-state index contributed by atoms with van der Waals surface area (Å²) in [5, 5.41) is 8.70. The molecule has 1 amide bonds. The Bertz CT molecular complexity index is 1160. The highest BCUT2D eigenvalue weighted by atomic mass is 16.2. The number of nitrogens with zero attached hydrogens (tertiary/aromatic N) is 4. The van der Waals surface area contributed by atoms with Gasteiger partial charge in [-0.1, -0.05) is 24.3 Å². The zero-order valence-corrected chi connectivity index (χ0v) is 14.2. The van der Waals surface area contributed by atoms with Crippen LogP contribution in [0.3, 0.4) is 0 Å². The van der Waals surface area contributed by atoms with Crippen LogP contribution in [0, 0.1) is 0 Å². The van der Waals surface area contributed by atoms with E-state index in [1.165, 1.54) is 4.68 Å². The molecule has 26 heavy (non-hydrogen) atoms. The normalized spacial score (nSPS) is 11.1. The standard InChI is InChI=1S/C19H17N5O2/c1-23-16-8-3-2-7-14(16)15-11-22-24(19(26)18(15)23)12-17(25)21-10-13-6-4-5-9-20-13/h2-9,11H,10,12H2,1H3,(H,21,25). The maximum absolute atomic E-state index is 12.8. The third-order valence-electron chi connectivity index (χ3n) is 4.40. The van der Waals surface area contributed by atoms with Crippen molar-refractivity contribution in [3.63, 3.8) is 0 Å². The topological polar surface area (TPSA) is 81.8 Å². The van der Waals surface area contributed by atoms with Gasteiger partial charge in [-0.3, -0.25) is 14.6 Å². The smallest absolute Gasteiger partial charge is 0.291 e. The molecule has 1 aromatic carbocycles. The molecule has 0 unspecified atom stereocenters. The second-order valence-corrected chi connectivity index (χ2v) is 6.04. The first-order chi connectivity index (χ1) is 12.6. The van der Waals surface area contributed by atoms with Crippen LogP contribution in [0.25, 0.3) is 21.8 Å². The highest BCUT2D eigenvalue weighted by Gasteiger charge is 2.14. The first-order valence-electron chi connectivity index (χ1n) is 8.25. The van der Waals surface area contributed by atoms with Crippen LogP contribution in [-0.2, 0) is 24.9 Å². The van der Waals surface area contributed by atoms with E-state index in [0.717, 1.165) is 22.0 Å². The highest BCUT2D eigenvalue weighted by molar-refractivity contribution is 6.07. The van der Waals surface area contributed by atoms with Crippen molar-refractivity contribution >= 4 is 27.7 Å². The van der Waals surface area contributed by atoms with Crippen molar-refractivity contribution in [1.82, 2.24) is 24.6 Å². The van der Waals surface area contributed by atoms with E-state index >= 15 is 0 Å². The summed E-state index contributed by atoms with van der Waals surface area (Å²) in [7, 11) is 1.84. The van der Waals surface area contributed by atoms with Gasteiger partial charge in [-0.2, -0.15) is 5.10 Å². The van der Waals surface area contributed by atoms with Gasteiger partial charge in [-0.25, -0.2) is 4.68 Å². The molecule has 7 nitrogen and oxygen atoms in total. The number of carbonyl (C=O) groups excluding carboxylic acids is 1. The van der Waals surface area contributed by atoms with Crippen molar-refractivity contribution in [3.05, 3.63) is 70.9 Å². The molecule has 0 saturated carbocycles. The number of hydrogen-bond acceptors (Lipinski definition) is 4. The second-order valence-electron chi connectivity index (χ2n) is 6.04. The van der Waals surface area contributed by atoms with E-state index in [2.05, 4.69) is 15.4 Å². The summed E-state index contributed by atoms with van der Waals surface area (Å²) in [6, 6.07) is 13.3. The van der Waals surface area contributed by atoms with Gasteiger partial charge < -0.3 is 9.88 Å². The fourth-order valence-corrected chi connectivity index (χ4v) is 3.11. The monoisotopic (exact) mass is 347 g/mol. The molecule has 0 bridgehead atoms. The lowest BCUT2D eigenvalue weighted by molar-refractivity contribution is -0.122. The fraction of sp³-hybridized carbons (Fsp3) is 0.158. The molecule has 3 aromatic heterocycles. The third kappa shape index (κ3) is 2.73. The second kappa shape index (κ2) is 6.44. The van der Waals surface area contributed by atoms with Gasteiger partial charge in [0.15, 0.2) is 0 Å². The van der Waals surface area contributed by atoms with E-state index in [1.54, 1.807) is 12.4 Å². The number of para-hydroxylation sites is 1. The summed E-state index contributed by atoms with van der Waals surface area (Å²) in [4.78, 5) is 29.2. The van der Waals surface area contributed by atoms with E-state index in [0.29, 0.717) is 12.1 Å². The Labute approximate surface area is 148 Å². The van der Waals surface area contributed by atoms with Crippen LogP contribution >= 0.6 is 0 Å². The third-order valence-corrected chi connectivity index (χ3v) is 4.40. The average Bonchev–Trinajstić information content (AvgIpc) is 2.96. The summed E-state index contributed by atoms with van der Waals surface area (Å²) in [5.41, 5.74) is 1.97. The molecule has 0 aliphatic heterocycles. The van der Waals surface area contributed by atoms with Gasteiger partial charge in [0.1, 0.15) is 12.1 Å². The average molecular weight is 347 g/mol. The fourth-order valence-electron chi connectivity index (χ4n) is 3.11. The molecule has 0 fully saturated rings. The Hall–Kier alpha value is -3.48. The maximum atomic E-state index is 12.8. The summed E-state index contributed by atoms with van der Waals surface area (Å²) in [6.07, 6.45) is 3.31. The Balaban J connectivity index is 1.62. The van der Waals surface area contributed by atoms with Crippen LogP contribution in [-0.4, -0.2) is 25.2 Å². The summed E-state index contributed by atoms with van der Waals surface area (Å²) in [5.74, 6) is -0.289. The summed E-state index contributed by atoms with van der Waals surface area (Å²) in [6.45, 7) is 0.174. The summed E-state index contributed by atoms with van der Waals surface area (Å²) < 4.78 is 3.03. The summed E-state index contributed by atoms with van der Waals surface area (Å²) >= 11 is 0. The van der Waals surface area contributed by atoms with Gasteiger partial charge in [0.05, 0.1) is 18.4 Å². The predicted molar refractivity (Wildman–Crippen MR) is 98.6 cm³/mol. The minimum Gasteiger partial charge on any atom is -0.349 e. The van der Waals surface area contributed by atoms with Crippen LogP contribution in [0.1, 0.15) is 5.69 Å². The van der Waals surface area contributed by atoms with Crippen molar-refractivity contribution in [1.29, 1.82) is 0 Å². The zero-order valence-electron chi connectivity index (χ0n) is 14.2. The molecule has 4 aromatic rings. The number of benzene rings is 1. The number of rotatable bonds is 4. The number of aryl methyl sites for hydroxylation is 1. The largest absolute Gasteiger partial charge is 0.349 e. The molecule has 130 valence electrons. The quantitative estimate of drug-likeness (QED) is 0.608. The molecule has 0 radical (unpaired) electrons. The van der Waals surface area contributed by atoms with Crippen molar-refractivity contribution in [2.24, 2.45) is 7.05 Å². The molecule has 1 N–H and O–H groups in total. The lowest BCUT2D eigenvalue weighted by Crippen LogP contribution is -2.33. The van der Waals surface area contributed by atoms with E-state index in [9.17, 15) is 9.59 Å². The Morgan fingerprint density at radius 1 is 1.12 bits per heavy atom. The van der Waals surface area contributed by atoms with Crippen LogP contribution < -0.4 is 10.9 Å². The van der Waals surface area contributed by atoms with Gasteiger partial charge in [-0.05, 0) is 18.2 Å². The van der Waals surface area contributed by atoms with Crippen LogP contribution in [0.15, 0.2) is 59.7 Å². The number of hydrogen-bond donors (Lipinski definition) is 1. The van der Waals surface area contributed by atoms with E-state index in [1.807, 2.05) is 54.1 Å². The van der Waals surface area contributed by atoms with E-state index in [-0.39, 0.29) is 18.0 Å². The van der Waals surface area contributed by atoms with E-state index in [4.69, 9.17) is 0 Å². The predicted octanol–water partition coefficient (Wildman–Crippen LogP) is 1.60. The van der Waals surface area contributed by atoms with Crippen molar-refractivity contribution in [2.75, 3.05) is 0 Å². The number of carbonyl (C=O) groups is 1. The SMILES string of the molecule is Cn1c2ccccc2c2cnn(CC(=O)NCc3ccccn3)c(=O)c21. The molecule has 0 saturated heterocycles. The van der Waals surface area contributed by atoms with Gasteiger partial charge in [0, 0.05) is 29.5 Å². The molecule has 0 atom stereocenters. The molecule has 4 rings (SSSR count). The maximum Gasteiger partial charge on any atom is 0.291 e. The number of fused-ring (bicyclic) bond motifs is 3. The van der Waals surface area contributed by atoms with Crippen molar-refractivity contribution in [3.8, 4) is 0 Å². The van der Waals surface area contributed by atoms with Gasteiger partial charge in [0.2, 0.25) is 5.91 Å². The first-order valence-corrected chi connectivity index (χ1v) is 8.25. The number of amides is 1. The Morgan fingerprint density at radius 2 is 1.92 bits per heavy atom. The van der Waals surface area contributed by atoms with Gasteiger partial charge >= 0.3 is 0 Å². The van der Waals surface area contributed by atoms with E-state index < -0.39 is 0 Å². The van der Waals surface area contributed by atoms with Crippen LogP contribution in [0.4, 0.5) is 0 Å². The zero-order chi connectivity index (χ0) is 18.1. The number of aromatic nitrogens is 4. The first kappa shape index (κ1) is 16.0. The van der Waals surface area contributed by atoms with Crippen LogP contribution in [0.2, 0.25) is 0 Å².